The monoisotopic (exact) mass is 393 g/mol. The lowest BCUT2D eigenvalue weighted by atomic mass is 10.1. The fraction of sp³-hybridized carbons (Fsp3) is 0.500. The van der Waals surface area contributed by atoms with E-state index in [0.717, 1.165) is 25.7 Å². The van der Waals surface area contributed by atoms with Crippen LogP contribution in [0, 0.1) is 11.7 Å². The Kier molecular flexibility index (Phi) is 6.85. The van der Waals surface area contributed by atoms with Gasteiger partial charge in [-0.25, -0.2) is 9.37 Å². The van der Waals surface area contributed by atoms with Crippen LogP contribution in [0.4, 0.5) is 4.39 Å². The van der Waals surface area contributed by atoms with Crippen LogP contribution >= 0.6 is 11.6 Å². The number of aromatic nitrogens is 2. The molecule has 2 aromatic rings. The molecule has 0 atom stereocenters. The summed E-state index contributed by atoms with van der Waals surface area (Å²) in [5.74, 6) is 0.603. The minimum absolute atomic E-state index is 0.0891. The molecule has 0 N–H and O–H groups in total. The highest BCUT2D eigenvalue weighted by molar-refractivity contribution is 6.31. The van der Waals surface area contributed by atoms with Gasteiger partial charge in [-0.2, -0.15) is 0 Å². The van der Waals surface area contributed by atoms with Gasteiger partial charge in [-0.1, -0.05) is 30.5 Å². The fourth-order valence-corrected chi connectivity index (χ4v) is 3.78. The van der Waals surface area contributed by atoms with Gasteiger partial charge in [0.25, 0.3) is 0 Å². The van der Waals surface area contributed by atoms with E-state index in [0.29, 0.717) is 36.1 Å². The van der Waals surface area contributed by atoms with Crippen LogP contribution in [0.2, 0.25) is 5.02 Å². The van der Waals surface area contributed by atoms with Crippen molar-refractivity contribution >= 4 is 17.5 Å². The number of halogens is 2. The predicted octanol–water partition coefficient (Wildman–Crippen LogP) is 3.89. The van der Waals surface area contributed by atoms with Crippen molar-refractivity contribution in [3.63, 3.8) is 0 Å². The standard InChI is InChI=1S/C20H25ClFN3O2/c1-27-12-11-25(20(26)15-5-2-3-6-15)14-19-23-9-10-24(19)13-16-17(21)7-4-8-18(16)22/h4,7-10,15H,2-3,5-6,11-14H2,1H3. The number of methoxy groups -OCH3 is 1. The SMILES string of the molecule is COCCN(Cc1nccn1Cc1c(F)cccc1Cl)C(=O)C1CCCC1. The predicted molar refractivity (Wildman–Crippen MR) is 102 cm³/mol. The van der Waals surface area contributed by atoms with E-state index in [1.165, 1.54) is 6.07 Å². The molecule has 1 heterocycles. The molecule has 0 unspecified atom stereocenters. The van der Waals surface area contributed by atoms with Gasteiger partial charge < -0.3 is 14.2 Å². The second-order valence-electron chi connectivity index (χ2n) is 6.91. The average Bonchev–Trinajstić information content (AvgIpc) is 3.33. The third kappa shape index (κ3) is 4.87. The van der Waals surface area contributed by atoms with Crippen molar-refractivity contribution in [2.24, 2.45) is 5.92 Å². The van der Waals surface area contributed by atoms with Crippen LogP contribution < -0.4 is 0 Å². The van der Waals surface area contributed by atoms with E-state index in [9.17, 15) is 9.18 Å². The van der Waals surface area contributed by atoms with Crippen molar-refractivity contribution < 1.29 is 13.9 Å². The van der Waals surface area contributed by atoms with Crippen LogP contribution in [0.15, 0.2) is 30.6 Å². The Morgan fingerprint density at radius 1 is 1.41 bits per heavy atom. The first-order valence-corrected chi connectivity index (χ1v) is 9.68. The fourth-order valence-electron chi connectivity index (χ4n) is 3.56. The van der Waals surface area contributed by atoms with Gasteiger partial charge in [0.05, 0.1) is 19.7 Å². The third-order valence-electron chi connectivity index (χ3n) is 5.11. The van der Waals surface area contributed by atoms with Gasteiger partial charge in [-0.3, -0.25) is 4.79 Å². The van der Waals surface area contributed by atoms with Crippen LogP contribution in [0.3, 0.4) is 0 Å². The molecule has 5 nitrogen and oxygen atoms in total. The van der Waals surface area contributed by atoms with Crippen LogP contribution in [0.25, 0.3) is 0 Å². The summed E-state index contributed by atoms with van der Waals surface area (Å²) in [7, 11) is 1.62. The Hall–Kier alpha value is -1.92. The number of rotatable bonds is 8. The number of imidazole rings is 1. The maximum absolute atomic E-state index is 14.1. The van der Waals surface area contributed by atoms with Crippen molar-refractivity contribution in [1.29, 1.82) is 0 Å². The molecular weight excluding hydrogens is 369 g/mol. The quantitative estimate of drug-likeness (QED) is 0.683. The zero-order valence-corrected chi connectivity index (χ0v) is 16.3. The minimum Gasteiger partial charge on any atom is -0.383 e. The second-order valence-corrected chi connectivity index (χ2v) is 7.31. The summed E-state index contributed by atoms with van der Waals surface area (Å²) in [6, 6.07) is 4.65. The highest BCUT2D eigenvalue weighted by Crippen LogP contribution is 2.27. The van der Waals surface area contributed by atoms with E-state index in [1.54, 1.807) is 36.5 Å². The first-order chi connectivity index (χ1) is 13.1. The zero-order valence-electron chi connectivity index (χ0n) is 15.5. The van der Waals surface area contributed by atoms with Gasteiger partial charge in [0.1, 0.15) is 11.6 Å². The molecule has 1 aliphatic rings. The molecule has 0 aliphatic heterocycles. The summed E-state index contributed by atoms with van der Waals surface area (Å²) >= 11 is 6.15. The molecular formula is C20H25ClFN3O2. The van der Waals surface area contributed by atoms with E-state index in [2.05, 4.69) is 4.98 Å². The Morgan fingerprint density at radius 2 is 2.19 bits per heavy atom. The Morgan fingerprint density at radius 3 is 2.89 bits per heavy atom. The molecule has 1 fully saturated rings. The first-order valence-electron chi connectivity index (χ1n) is 9.30. The highest BCUT2D eigenvalue weighted by Gasteiger charge is 2.28. The molecule has 1 amide bonds. The lowest BCUT2D eigenvalue weighted by Gasteiger charge is -2.25. The maximum Gasteiger partial charge on any atom is 0.226 e. The van der Waals surface area contributed by atoms with Crippen LogP contribution in [-0.2, 0) is 22.6 Å². The number of carbonyl (C=O) groups is 1. The maximum atomic E-state index is 14.1. The van der Waals surface area contributed by atoms with Gasteiger partial charge in [0.15, 0.2) is 0 Å². The van der Waals surface area contributed by atoms with Crippen molar-refractivity contribution in [3.8, 4) is 0 Å². The third-order valence-corrected chi connectivity index (χ3v) is 5.46. The van der Waals surface area contributed by atoms with Gasteiger partial charge in [-0.15, -0.1) is 0 Å². The Labute approximate surface area is 164 Å². The molecule has 146 valence electrons. The number of hydrogen-bond donors (Lipinski definition) is 0. The van der Waals surface area contributed by atoms with Gasteiger partial charge >= 0.3 is 0 Å². The summed E-state index contributed by atoms with van der Waals surface area (Å²) in [5, 5.41) is 0.382. The lowest BCUT2D eigenvalue weighted by molar-refractivity contribution is -0.136. The van der Waals surface area contributed by atoms with E-state index in [1.807, 2.05) is 4.57 Å². The highest BCUT2D eigenvalue weighted by atomic mass is 35.5. The number of ether oxygens (including phenoxy) is 1. The van der Waals surface area contributed by atoms with Crippen molar-refractivity contribution in [2.45, 2.75) is 38.8 Å². The van der Waals surface area contributed by atoms with Crippen molar-refractivity contribution in [3.05, 3.63) is 52.8 Å². The summed E-state index contributed by atoms with van der Waals surface area (Å²) in [6.45, 7) is 1.63. The molecule has 7 heteroatoms. The molecule has 0 radical (unpaired) electrons. The first kappa shape index (κ1) is 19.8. The van der Waals surface area contributed by atoms with Crippen LogP contribution in [0.1, 0.15) is 37.1 Å². The zero-order chi connectivity index (χ0) is 19.2. The number of nitrogens with zero attached hydrogens (tertiary/aromatic N) is 3. The lowest BCUT2D eigenvalue weighted by Crippen LogP contribution is -2.38. The summed E-state index contributed by atoms with van der Waals surface area (Å²) in [5.41, 5.74) is 0.420. The molecule has 0 saturated heterocycles. The summed E-state index contributed by atoms with van der Waals surface area (Å²) < 4.78 is 21.1. The topological polar surface area (TPSA) is 47.4 Å². The normalized spacial score (nSPS) is 14.6. The van der Waals surface area contributed by atoms with Crippen molar-refractivity contribution in [1.82, 2.24) is 14.5 Å². The Bertz CT molecular complexity index is 754. The number of benzene rings is 1. The molecule has 0 spiro atoms. The van der Waals surface area contributed by atoms with E-state index < -0.39 is 0 Å². The van der Waals surface area contributed by atoms with Crippen LogP contribution in [0.5, 0.6) is 0 Å². The van der Waals surface area contributed by atoms with E-state index >= 15 is 0 Å². The largest absolute Gasteiger partial charge is 0.383 e. The molecule has 27 heavy (non-hydrogen) atoms. The van der Waals surface area contributed by atoms with Gasteiger partial charge in [0.2, 0.25) is 5.91 Å². The summed E-state index contributed by atoms with van der Waals surface area (Å²) in [6.07, 6.45) is 7.55. The number of carbonyl (C=O) groups excluding carboxylic acids is 1. The van der Waals surface area contributed by atoms with Gasteiger partial charge in [0, 0.05) is 42.6 Å². The molecule has 1 aromatic carbocycles. The Balaban J connectivity index is 1.76. The molecule has 1 saturated carbocycles. The number of amides is 1. The van der Waals surface area contributed by atoms with Crippen molar-refractivity contribution in [2.75, 3.05) is 20.3 Å². The van der Waals surface area contributed by atoms with E-state index in [4.69, 9.17) is 16.3 Å². The average molecular weight is 394 g/mol. The smallest absolute Gasteiger partial charge is 0.226 e. The summed E-state index contributed by atoms with van der Waals surface area (Å²) in [4.78, 5) is 19.1. The van der Waals surface area contributed by atoms with Crippen LogP contribution in [-0.4, -0.2) is 40.6 Å². The van der Waals surface area contributed by atoms with E-state index in [-0.39, 0.29) is 24.2 Å². The molecule has 0 bridgehead atoms. The second kappa shape index (κ2) is 9.33. The molecule has 1 aromatic heterocycles. The minimum atomic E-state index is -0.347. The molecule has 3 rings (SSSR count). The van der Waals surface area contributed by atoms with Gasteiger partial charge in [-0.05, 0) is 25.0 Å². The molecule has 1 aliphatic carbocycles. The number of hydrogen-bond acceptors (Lipinski definition) is 3.